The van der Waals surface area contributed by atoms with Crippen molar-refractivity contribution in [2.24, 2.45) is 0 Å². The zero-order valence-electron chi connectivity index (χ0n) is 12.2. The molecule has 0 aliphatic rings. The lowest BCUT2D eigenvalue weighted by Gasteiger charge is -2.09. The lowest BCUT2D eigenvalue weighted by Crippen LogP contribution is -2.10. The molecule has 0 saturated heterocycles. The van der Waals surface area contributed by atoms with Gasteiger partial charge in [0.05, 0.1) is 11.1 Å². The summed E-state index contributed by atoms with van der Waals surface area (Å²) >= 11 is 0. The number of ether oxygens (including phenoxy) is 1. The van der Waals surface area contributed by atoms with E-state index in [0.29, 0.717) is 5.52 Å². The molecule has 0 radical (unpaired) electrons. The molecule has 2 aromatic carbocycles. The fourth-order valence-corrected chi connectivity index (χ4v) is 2.17. The summed E-state index contributed by atoms with van der Waals surface area (Å²) in [6, 6.07) is 12.1. The number of carbonyl (C=O) groups excluding carboxylic acids is 1. The Morgan fingerprint density at radius 1 is 1.00 bits per heavy atom. The van der Waals surface area contributed by atoms with E-state index in [1.807, 2.05) is 0 Å². The van der Waals surface area contributed by atoms with Crippen molar-refractivity contribution in [3.63, 3.8) is 0 Å². The van der Waals surface area contributed by atoms with E-state index in [-0.39, 0.29) is 17.1 Å². The van der Waals surface area contributed by atoms with Crippen molar-refractivity contribution in [2.75, 3.05) is 5.73 Å². The molecule has 1 aromatic heterocycles. The van der Waals surface area contributed by atoms with Crippen LogP contribution < -0.4 is 10.5 Å². The van der Waals surface area contributed by atoms with Crippen molar-refractivity contribution in [3.05, 3.63) is 65.7 Å². The maximum absolute atomic E-state index is 12.5. The maximum atomic E-state index is 12.5. The molecule has 122 valence electrons. The number of alkyl halides is 3. The molecular formula is C17H11F3N2O2. The Bertz CT molecular complexity index is 906. The Hall–Kier alpha value is -3.09. The second-order valence-corrected chi connectivity index (χ2v) is 5.03. The highest BCUT2D eigenvalue weighted by atomic mass is 19.4. The van der Waals surface area contributed by atoms with Gasteiger partial charge in [-0.05, 0) is 42.5 Å². The minimum absolute atomic E-state index is 0.00362. The Labute approximate surface area is 134 Å². The Kier molecular flexibility index (Phi) is 3.84. The number of para-hydroxylation sites is 1. The number of hydrogen-bond acceptors (Lipinski definition) is 4. The largest absolute Gasteiger partial charge is 0.421 e. The first-order valence-corrected chi connectivity index (χ1v) is 6.89. The third-order valence-corrected chi connectivity index (χ3v) is 3.36. The standard InChI is InChI=1S/C17H11F3N2O2/c18-17(19,20)12-7-4-11(5-8-12)16(23)24-13-3-1-2-10-6-9-14(21)22-15(10)13/h1-9H,(H2,21,22). The van der Waals surface area contributed by atoms with Crippen molar-refractivity contribution in [2.45, 2.75) is 6.18 Å². The van der Waals surface area contributed by atoms with Gasteiger partial charge in [-0.25, -0.2) is 9.78 Å². The number of hydrogen-bond donors (Lipinski definition) is 1. The topological polar surface area (TPSA) is 65.2 Å². The van der Waals surface area contributed by atoms with Crippen molar-refractivity contribution < 1.29 is 22.7 Å². The normalized spacial score (nSPS) is 11.5. The van der Waals surface area contributed by atoms with E-state index in [2.05, 4.69) is 4.98 Å². The lowest BCUT2D eigenvalue weighted by atomic mass is 10.1. The summed E-state index contributed by atoms with van der Waals surface area (Å²) in [6.45, 7) is 0. The monoisotopic (exact) mass is 332 g/mol. The Morgan fingerprint density at radius 3 is 2.38 bits per heavy atom. The van der Waals surface area contributed by atoms with Gasteiger partial charge in [0.1, 0.15) is 11.3 Å². The van der Waals surface area contributed by atoms with E-state index in [9.17, 15) is 18.0 Å². The fraction of sp³-hybridized carbons (Fsp3) is 0.0588. The van der Waals surface area contributed by atoms with E-state index in [4.69, 9.17) is 10.5 Å². The summed E-state index contributed by atoms with van der Waals surface area (Å²) < 4.78 is 42.9. The predicted octanol–water partition coefficient (Wildman–Crippen LogP) is 4.06. The highest BCUT2D eigenvalue weighted by molar-refractivity contribution is 5.94. The van der Waals surface area contributed by atoms with Gasteiger partial charge >= 0.3 is 12.1 Å². The molecule has 3 aromatic rings. The zero-order chi connectivity index (χ0) is 17.3. The first-order valence-electron chi connectivity index (χ1n) is 6.89. The van der Waals surface area contributed by atoms with Crippen LogP contribution in [0.1, 0.15) is 15.9 Å². The van der Waals surface area contributed by atoms with E-state index in [0.717, 1.165) is 29.7 Å². The number of fused-ring (bicyclic) bond motifs is 1. The van der Waals surface area contributed by atoms with Gasteiger partial charge in [0.25, 0.3) is 0 Å². The first-order chi connectivity index (χ1) is 11.3. The summed E-state index contributed by atoms with van der Waals surface area (Å²) in [5.74, 6) is -0.328. The van der Waals surface area contributed by atoms with Crippen LogP contribution in [0.15, 0.2) is 54.6 Å². The molecule has 2 N–H and O–H groups in total. The molecule has 0 aliphatic carbocycles. The number of esters is 1. The molecule has 0 aliphatic heterocycles. The molecule has 0 unspecified atom stereocenters. The van der Waals surface area contributed by atoms with E-state index >= 15 is 0 Å². The van der Waals surface area contributed by atoms with Crippen LogP contribution in [-0.4, -0.2) is 11.0 Å². The average Bonchev–Trinajstić information content (AvgIpc) is 2.54. The molecule has 0 saturated carbocycles. The highest BCUT2D eigenvalue weighted by Gasteiger charge is 2.30. The number of nitrogen functional groups attached to an aromatic ring is 1. The molecule has 0 fully saturated rings. The number of nitrogens with zero attached hydrogens (tertiary/aromatic N) is 1. The molecule has 7 heteroatoms. The summed E-state index contributed by atoms with van der Waals surface area (Å²) in [7, 11) is 0. The van der Waals surface area contributed by atoms with Gasteiger partial charge in [0.2, 0.25) is 0 Å². The minimum Gasteiger partial charge on any atom is -0.421 e. The smallest absolute Gasteiger partial charge is 0.416 e. The molecule has 0 atom stereocenters. The molecule has 0 spiro atoms. The van der Waals surface area contributed by atoms with Gasteiger partial charge in [-0.1, -0.05) is 12.1 Å². The molecule has 24 heavy (non-hydrogen) atoms. The first kappa shape index (κ1) is 15.8. The van der Waals surface area contributed by atoms with Crippen LogP contribution in [0.4, 0.5) is 19.0 Å². The van der Waals surface area contributed by atoms with Gasteiger partial charge < -0.3 is 10.5 Å². The minimum atomic E-state index is -4.46. The second-order valence-electron chi connectivity index (χ2n) is 5.03. The van der Waals surface area contributed by atoms with Crippen LogP contribution in [0, 0.1) is 0 Å². The van der Waals surface area contributed by atoms with Gasteiger partial charge in [0.15, 0.2) is 5.75 Å². The third kappa shape index (κ3) is 3.15. The summed E-state index contributed by atoms with van der Waals surface area (Å²) in [6.07, 6.45) is -4.46. The quantitative estimate of drug-likeness (QED) is 0.568. The SMILES string of the molecule is Nc1ccc2cccc(OC(=O)c3ccc(C(F)(F)F)cc3)c2n1. The predicted molar refractivity (Wildman–Crippen MR) is 82.6 cm³/mol. The molecular weight excluding hydrogens is 321 g/mol. The fourth-order valence-electron chi connectivity index (χ4n) is 2.17. The maximum Gasteiger partial charge on any atom is 0.416 e. The molecule has 1 heterocycles. The highest BCUT2D eigenvalue weighted by Crippen LogP contribution is 2.29. The summed E-state index contributed by atoms with van der Waals surface area (Å²) in [5.41, 5.74) is 5.20. The molecule has 4 nitrogen and oxygen atoms in total. The van der Waals surface area contributed by atoms with Crippen LogP contribution in [0.3, 0.4) is 0 Å². The van der Waals surface area contributed by atoms with Crippen LogP contribution in [0.2, 0.25) is 0 Å². The third-order valence-electron chi connectivity index (χ3n) is 3.36. The van der Waals surface area contributed by atoms with E-state index < -0.39 is 17.7 Å². The molecule has 0 amide bonds. The average molecular weight is 332 g/mol. The number of benzene rings is 2. The lowest BCUT2D eigenvalue weighted by molar-refractivity contribution is -0.137. The van der Waals surface area contributed by atoms with Crippen molar-refractivity contribution in [1.82, 2.24) is 4.98 Å². The Morgan fingerprint density at radius 2 is 1.71 bits per heavy atom. The van der Waals surface area contributed by atoms with Crippen LogP contribution in [-0.2, 0) is 6.18 Å². The van der Waals surface area contributed by atoms with Crippen molar-refractivity contribution >= 4 is 22.7 Å². The molecule has 0 bridgehead atoms. The van der Waals surface area contributed by atoms with Gasteiger partial charge in [-0.2, -0.15) is 13.2 Å². The second kappa shape index (κ2) is 5.84. The van der Waals surface area contributed by atoms with Crippen molar-refractivity contribution in [3.8, 4) is 5.75 Å². The van der Waals surface area contributed by atoms with Gasteiger partial charge in [-0.3, -0.25) is 0 Å². The number of halogens is 3. The van der Waals surface area contributed by atoms with Crippen LogP contribution in [0.25, 0.3) is 10.9 Å². The Balaban J connectivity index is 1.89. The number of anilines is 1. The number of pyridine rings is 1. The zero-order valence-corrected chi connectivity index (χ0v) is 12.2. The number of rotatable bonds is 2. The van der Waals surface area contributed by atoms with Gasteiger partial charge in [0, 0.05) is 5.39 Å². The van der Waals surface area contributed by atoms with Crippen LogP contribution >= 0.6 is 0 Å². The van der Waals surface area contributed by atoms with E-state index in [1.54, 1.807) is 24.3 Å². The van der Waals surface area contributed by atoms with Crippen LogP contribution in [0.5, 0.6) is 5.75 Å². The van der Waals surface area contributed by atoms with E-state index in [1.165, 1.54) is 6.07 Å². The number of carbonyl (C=O) groups is 1. The summed E-state index contributed by atoms with van der Waals surface area (Å²) in [4.78, 5) is 16.3. The summed E-state index contributed by atoms with van der Waals surface area (Å²) in [5, 5.41) is 0.724. The molecule has 3 rings (SSSR count). The van der Waals surface area contributed by atoms with Gasteiger partial charge in [-0.15, -0.1) is 0 Å². The number of nitrogens with two attached hydrogens (primary N) is 1. The van der Waals surface area contributed by atoms with Crippen molar-refractivity contribution in [1.29, 1.82) is 0 Å². The number of aromatic nitrogens is 1.